The van der Waals surface area contributed by atoms with Crippen LogP contribution in [-0.2, 0) is 9.53 Å². The maximum atomic E-state index is 12.2. The summed E-state index contributed by atoms with van der Waals surface area (Å²) in [7, 11) is 0. The number of nitrogens with one attached hydrogen (secondary N) is 1. The van der Waals surface area contributed by atoms with E-state index in [4.69, 9.17) is 9.15 Å². The number of rotatable bonds is 6. The summed E-state index contributed by atoms with van der Waals surface area (Å²) in [5, 5.41) is 2.98. The summed E-state index contributed by atoms with van der Waals surface area (Å²) in [5.74, 6) is 1.88. The predicted octanol–water partition coefficient (Wildman–Crippen LogP) is 3.89. The Balaban J connectivity index is 1.53. The van der Waals surface area contributed by atoms with Gasteiger partial charge in [-0.3, -0.25) is 4.79 Å². The molecule has 1 N–H and O–H groups in total. The molecule has 0 saturated carbocycles. The molecule has 2 heterocycles. The monoisotopic (exact) mass is 346 g/mol. The average Bonchev–Trinajstić information content (AvgIpc) is 3.12. The molecule has 0 aliphatic carbocycles. The van der Waals surface area contributed by atoms with E-state index in [9.17, 15) is 4.79 Å². The minimum Gasteiger partial charge on any atom is -0.445 e. The van der Waals surface area contributed by atoms with E-state index in [-0.39, 0.29) is 5.91 Å². The van der Waals surface area contributed by atoms with Crippen LogP contribution < -0.4 is 5.32 Å². The van der Waals surface area contributed by atoms with Crippen LogP contribution in [0.5, 0.6) is 0 Å². The first-order chi connectivity index (χ1) is 11.7. The number of ether oxygens (including phenoxy) is 1. The Labute approximate surface area is 146 Å². The van der Waals surface area contributed by atoms with Crippen molar-refractivity contribution in [3.8, 4) is 11.5 Å². The van der Waals surface area contributed by atoms with Crippen molar-refractivity contribution < 1.29 is 13.9 Å². The molecule has 1 atom stereocenters. The van der Waals surface area contributed by atoms with Gasteiger partial charge in [0.15, 0.2) is 0 Å². The van der Waals surface area contributed by atoms with Gasteiger partial charge in [0.1, 0.15) is 6.26 Å². The van der Waals surface area contributed by atoms with Gasteiger partial charge in [-0.2, -0.15) is 0 Å². The van der Waals surface area contributed by atoms with E-state index < -0.39 is 0 Å². The normalized spacial score (nSPS) is 17.6. The van der Waals surface area contributed by atoms with Crippen LogP contribution in [0.1, 0.15) is 24.8 Å². The summed E-state index contributed by atoms with van der Waals surface area (Å²) in [5.41, 5.74) is 2.64. The van der Waals surface area contributed by atoms with Crippen LogP contribution >= 0.6 is 11.8 Å². The zero-order chi connectivity index (χ0) is 16.8. The van der Waals surface area contributed by atoms with Crippen LogP contribution in [0, 0.1) is 6.92 Å². The highest BCUT2D eigenvalue weighted by molar-refractivity contribution is 8.00. The van der Waals surface area contributed by atoms with Crippen molar-refractivity contribution in [3.63, 3.8) is 0 Å². The molecule has 0 radical (unpaired) electrons. The lowest BCUT2D eigenvalue weighted by molar-refractivity contribution is -0.113. The molecule has 1 fully saturated rings. The standard InChI is InChI=1S/C18H22N2O3S/c1-13-15(18-19-8-10-23-18)6-4-7-16(13)20-17(21)12-24-11-14-5-2-3-9-22-14/h4,6-8,10,14H,2-3,5,9,11-12H2,1H3,(H,20,21). The molecule has 1 saturated heterocycles. The van der Waals surface area contributed by atoms with Crippen molar-refractivity contribution in [3.05, 3.63) is 36.2 Å². The van der Waals surface area contributed by atoms with E-state index >= 15 is 0 Å². The van der Waals surface area contributed by atoms with Gasteiger partial charge >= 0.3 is 0 Å². The first-order valence-electron chi connectivity index (χ1n) is 8.22. The number of carbonyl (C=O) groups excluding carboxylic acids is 1. The predicted molar refractivity (Wildman–Crippen MR) is 96.2 cm³/mol. The lowest BCUT2D eigenvalue weighted by atomic mass is 10.1. The van der Waals surface area contributed by atoms with Gasteiger partial charge in [-0.05, 0) is 43.9 Å². The Bertz CT molecular complexity index is 667. The third kappa shape index (κ3) is 4.39. The molecular formula is C18H22N2O3S. The van der Waals surface area contributed by atoms with Gasteiger partial charge in [0, 0.05) is 23.6 Å². The Morgan fingerprint density at radius 2 is 2.33 bits per heavy atom. The van der Waals surface area contributed by atoms with Gasteiger partial charge in [0.25, 0.3) is 0 Å². The minimum absolute atomic E-state index is 0.00321. The molecule has 1 unspecified atom stereocenters. The summed E-state index contributed by atoms with van der Waals surface area (Å²) >= 11 is 1.63. The maximum absolute atomic E-state index is 12.2. The van der Waals surface area contributed by atoms with Crippen molar-refractivity contribution in [1.82, 2.24) is 4.98 Å². The van der Waals surface area contributed by atoms with Gasteiger partial charge in [-0.1, -0.05) is 6.07 Å². The highest BCUT2D eigenvalue weighted by Gasteiger charge is 2.15. The van der Waals surface area contributed by atoms with Gasteiger partial charge in [0.05, 0.1) is 18.1 Å². The van der Waals surface area contributed by atoms with Crippen LogP contribution in [0.2, 0.25) is 0 Å². The number of hydrogen-bond donors (Lipinski definition) is 1. The quantitative estimate of drug-likeness (QED) is 0.859. The fourth-order valence-electron chi connectivity index (χ4n) is 2.77. The molecule has 5 nitrogen and oxygen atoms in total. The van der Waals surface area contributed by atoms with Gasteiger partial charge < -0.3 is 14.5 Å². The zero-order valence-electron chi connectivity index (χ0n) is 13.8. The van der Waals surface area contributed by atoms with Crippen LogP contribution in [0.15, 0.2) is 35.1 Å². The third-order valence-corrected chi connectivity index (χ3v) is 5.16. The summed E-state index contributed by atoms with van der Waals surface area (Å²) < 4.78 is 11.0. The molecule has 24 heavy (non-hydrogen) atoms. The van der Waals surface area contributed by atoms with Crippen molar-refractivity contribution in [2.75, 3.05) is 23.4 Å². The third-order valence-electron chi connectivity index (χ3n) is 4.08. The average molecular weight is 346 g/mol. The molecule has 0 spiro atoms. The number of carbonyl (C=O) groups is 1. The zero-order valence-corrected chi connectivity index (χ0v) is 14.6. The lowest BCUT2D eigenvalue weighted by Gasteiger charge is -2.21. The number of amides is 1. The molecule has 1 aromatic carbocycles. The first-order valence-corrected chi connectivity index (χ1v) is 9.38. The Morgan fingerprint density at radius 1 is 1.42 bits per heavy atom. The number of anilines is 1. The summed E-state index contributed by atoms with van der Waals surface area (Å²) in [6, 6.07) is 5.73. The smallest absolute Gasteiger partial charge is 0.234 e. The van der Waals surface area contributed by atoms with Crippen LogP contribution in [0.25, 0.3) is 11.5 Å². The van der Waals surface area contributed by atoms with E-state index in [1.54, 1.807) is 24.2 Å². The van der Waals surface area contributed by atoms with E-state index in [1.807, 2.05) is 25.1 Å². The van der Waals surface area contributed by atoms with Crippen molar-refractivity contribution in [2.45, 2.75) is 32.3 Å². The van der Waals surface area contributed by atoms with Crippen LogP contribution in [-0.4, -0.2) is 35.1 Å². The number of benzene rings is 1. The Morgan fingerprint density at radius 3 is 3.08 bits per heavy atom. The summed E-state index contributed by atoms with van der Waals surface area (Å²) in [4.78, 5) is 16.4. The molecular weight excluding hydrogens is 324 g/mol. The second-order valence-corrected chi connectivity index (χ2v) is 6.90. The van der Waals surface area contributed by atoms with Crippen molar-refractivity contribution in [2.24, 2.45) is 0 Å². The van der Waals surface area contributed by atoms with E-state index in [1.165, 1.54) is 6.42 Å². The van der Waals surface area contributed by atoms with E-state index in [0.29, 0.717) is 17.7 Å². The van der Waals surface area contributed by atoms with Crippen LogP contribution in [0.4, 0.5) is 5.69 Å². The molecule has 1 amide bonds. The van der Waals surface area contributed by atoms with Crippen LogP contribution in [0.3, 0.4) is 0 Å². The fraction of sp³-hybridized carbons (Fsp3) is 0.444. The van der Waals surface area contributed by atoms with E-state index in [2.05, 4.69) is 10.3 Å². The maximum Gasteiger partial charge on any atom is 0.234 e. The second-order valence-electron chi connectivity index (χ2n) is 5.87. The second kappa shape index (κ2) is 8.35. The Hall–Kier alpha value is -1.79. The Kier molecular flexibility index (Phi) is 5.93. The van der Waals surface area contributed by atoms with E-state index in [0.717, 1.165) is 42.0 Å². The highest BCUT2D eigenvalue weighted by Crippen LogP contribution is 2.27. The molecule has 1 aromatic heterocycles. The molecule has 0 bridgehead atoms. The highest BCUT2D eigenvalue weighted by atomic mass is 32.2. The molecule has 6 heteroatoms. The molecule has 2 aromatic rings. The number of thioether (sulfide) groups is 1. The minimum atomic E-state index is 0.00321. The number of aromatic nitrogens is 1. The fourth-order valence-corrected chi connectivity index (χ4v) is 3.67. The van der Waals surface area contributed by atoms with Gasteiger partial charge in [0.2, 0.25) is 11.8 Å². The number of hydrogen-bond acceptors (Lipinski definition) is 5. The van der Waals surface area contributed by atoms with Gasteiger partial charge in [-0.15, -0.1) is 11.8 Å². The van der Waals surface area contributed by atoms with Crippen molar-refractivity contribution in [1.29, 1.82) is 0 Å². The van der Waals surface area contributed by atoms with Crippen molar-refractivity contribution >= 4 is 23.4 Å². The van der Waals surface area contributed by atoms with Gasteiger partial charge in [-0.25, -0.2) is 4.98 Å². The topological polar surface area (TPSA) is 64.4 Å². The number of oxazole rings is 1. The lowest BCUT2D eigenvalue weighted by Crippen LogP contribution is -2.23. The SMILES string of the molecule is Cc1c(NC(=O)CSCC2CCCCO2)cccc1-c1ncco1. The molecule has 1 aliphatic rings. The molecule has 3 rings (SSSR count). The molecule has 1 aliphatic heterocycles. The first kappa shape index (κ1) is 17.0. The largest absolute Gasteiger partial charge is 0.445 e. The summed E-state index contributed by atoms with van der Waals surface area (Å²) in [6.45, 7) is 2.81. The number of nitrogens with zero attached hydrogens (tertiary/aromatic N) is 1. The summed E-state index contributed by atoms with van der Waals surface area (Å²) in [6.07, 6.45) is 6.94. The molecule has 128 valence electrons.